The van der Waals surface area contributed by atoms with E-state index in [1.807, 2.05) is 90.1 Å². The molecule has 0 aliphatic carbocycles. The molecule has 2 aromatic heterocycles. The number of fused-ring (bicyclic) bond motifs is 2. The van der Waals surface area contributed by atoms with Crippen LogP contribution in [0.25, 0.3) is 21.8 Å². The fraction of sp³-hybridized carbons (Fsp3) is 0.554. The van der Waals surface area contributed by atoms with Crippen molar-refractivity contribution in [2.24, 2.45) is 35.0 Å². The summed E-state index contributed by atoms with van der Waals surface area (Å²) in [5.74, 6) is -6.26. The Morgan fingerprint density at radius 3 is 1.21 bits per heavy atom. The monoisotopic (exact) mass is 1080 g/mol. The Morgan fingerprint density at radius 2 is 0.808 bits per heavy atom. The highest BCUT2D eigenvalue weighted by molar-refractivity contribution is 5.98. The fourth-order valence-electron chi connectivity index (χ4n) is 9.19. The Bertz CT molecular complexity index is 2650. The highest BCUT2D eigenvalue weighted by Crippen LogP contribution is 2.22. The van der Waals surface area contributed by atoms with Crippen LogP contribution in [0.15, 0.2) is 60.9 Å². The van der Waals surface area contributed by atoms with E-state index < -0.39 is 102 Å². The molecule has 0 bridgehead atoms. The second kappa shape index (κ2) is 31.8. The average molecular weight is 1080 g/mol. The van der Waals surface area contributed by atoms with Crippen LogP contribution in [0.4, 0.5) is 0 Å². The lowest BCUT2D eigenvalue weighted by Crippen LogP contribution is -2.60. The molecule has 0 radical (unpaired) electrons. The van der Waals surface area contributed by atoms with Crippen LogP contribution < -0.4 is 59.7 Å². The van der Waals surface area contributed by atoms with Crippen molar-refractivity contribution in [1.29, 1.82) is 0 Å². The SMILES string of the molecule is CC(=O)NCC(=O)N[C@@H](Cc1c[nH]c2ccccc12)C(=O)N[C@@H](Cc1c[nH]c2ccccc12)C(=O)N[C@@H](CC(C)C)C(=O)N[C@@H](CC(C)C)C(=O)N[C@@H](CC(C)C)C(=O)N[C@@H](CCCCN)C(=O)N[C@@H](CCCCN)C(N)=O. The third-order valence-corrected chi connectivity index (χ3v) is 13.2. The summed E-state index contributed by atoms with van der Waals surface area (Å²) in [5, 5.41) is 23.7. The van der Waals surface area contributed by atoms with Crippen molar-refractivity contribution in [2.45, 2.75) is 161 Å². The van der Waals surface area contributed by atoms with Crippen LogP contribution in [0, 0.1) is 17.8 Å². The van der Waals surface area contributed by atoms with E-state index in [-0.39, 0.29) is 62.7 Å². The van der Waals surface area contributed by atoms with Crippen LogP contribution in [0.5, 0.6) is 0 Å². The summed E-state index contributed by atoms with van der Waals surface area (Å²) in [6.45, 7) is 12.8. The molecular weight excluding hydrogens is 999 g/mol. The van der Waals surface area contributed by atoms with Gasteiger partial charge in [0.25, 0.3) is 0 Å². The van der Waals surface area contributed by atoms with Gasteiger partial charge in [-0.3, -0.25) is 43.2 Å². The van der Waals surface area contributed by atoms with Gasteiger partial charge in [-0.1, -0.05) is 77.9 Å². The smallest absolute Gasteiger partial charge is 0.243 e. The Balaban J connectivity index is 1.62. The van der Waals surface area contributed by atoms with Gasteiger partial charge < -0.3 is 69.7 Å². The molecule has 7 atom stereocenters. The van der Waals surface area contributed by atoms with Gasteiger partial charge in [-0.2, -0.15) is 0 Å². The number of H-pyrrole nitrogens is 2. The molecule has 0 saturated heterocycles. The predicted octanol–water partition coefficient (Wildman–Crippen LogP) is 1.85. The average Bonchev–Trinajstić information content (AvgIpc) is 4.00. The number of primary amides is 1. The molecule has 4 rings (SSSR count). The molecule has 4 aromatic rings. The lowest BCUT2D eigenvalue weighted by atomic mass is 9.98. The van der Waals surface area contributed by atoms with Gasteiger partial charge in [-0.25, -0.2) is 0 Å². The molecule has 22 nitrogen and oxygen atoms in total. The summed E-state index contributed by atoms with van der Waals surface area (Å²) in [6.07, 6.45) is 6.52. The number of aromatic nitrogens is 2. The number of nitrogens with one attached hydrogen (secondary N) is 10. The standard InChI is InChI=1S/C56H85N13O9/c1-32(2)24-44(52(74)65-43(21-13-15-23-58)51(73)64-42(50(59)72)20-12-14-22-57)66-53(75)45(25-33(3)4)67-54(76)46(26-34(5)6)68-56(78)48(28-37-30-62-41-19-11-9-17-39(37)41)69-55(77)47(63-49(71)31-60-35(7)70)27-36-29-61-40-18-10-8-16-38(36)40/h8-11,16-19,29-30,32-34,42-48,61-62H,12-15,20-28,31,57-58H2,1-7H3,(H2,59,72)(H,60,70)(H,63,71)(H,64,73)(H,65,74)(H,66,75)(H,67,76)(H,68,78)(H,69,77)/t42-,43-,44-,45-,46-,47-,48-/m0/s1. The van der Waals surface area contributed by atoms with Crippen LogP contribution in [-0.2, 0) is 56.0 Å². The third-order valence-electron chi connectivity index (χ3n) is 13.2. The Hall–Kier alpha value is -7.33. The maximum Gasteiger partial charge on any atom is 0.243 e. The highest BCUT2D eigenvalue weighted by atomic mass is 16.2. The van der Waals surface area contributed by atoms with Crippen molar-refractivity contribution in [3.05, 3.63) is 72.1 Å². The van der Waals surface area contributed by atoms with Gasteiger partial charge in [0, 0.05) is 54.0 Å². The number of hydrogen-bond donors (Lipinski definition) is 13. The van der Waals surface area contributed by atoms with Gasteiger partial charge in [0.1, 0.15) is 42.3 Å². The van der Waals surface area contributed by atoms with Crippen molar-refractivity contribution in [3.63, 3.8) is 0 Å². The largest absolute Gasteiger partial charge is 0.368 e. The van der Waals surface area contributed by atoms with Crippen LogP contribution in [0.2, 0.25) is 0 Å². The van der Waals surface area contributed by atoms with E-state index in [1.165, 1.54) is 6.92 Å². The molecule has 22 heteroatoms. The van der Waals surface area contributed by atoms with Crippen molar-refractivity contribution >= 4 is 75.0 Å². The zero-order chi connectivity index (χ0) is 57.5. The highest BCUT2D eigenvalue weighted by Gasteiger charge is 2.35. The zero-order valence-corrected chi connectivity index (χ0v) is 46.4. The van der Waals surface area contributed by atoms with Crippen molar-refractivity contribution in [3.8, 4) is 0 Å². The molecule has 16 N–H and O–H groups in total. The second-order valence-corrected chi connectivity index (χ2v) is 21.4. The third kappa shape index (κ3) is 20.6. The molecule has 0 spiro atoms. The molecule has 2 heterocycles. The number of aromatic amines is 2. The van der Waals surface area contributed by atoms with E-state index in [1.54, 1.807) is 12.4 Å². The van der Waals surface area contributed by atoms with E-state index in [0.29, 0.717) is 49.9 Å². The van der Waals surface area contributed by atoms with E-state index in [0.717, 1.165) is 21.8 Å². The molecule has 0 unspecified atom stereocenters. The van der Waals surface area contributed by atoms with Crippen molar-refractivity contribution in [2.75, 3.05) is 19.6 Å². The summed E-state index contributed by atoms with van der Waals surface area (Å²) < 4.78 is 0. The lowest BCUT2D eigenvalue weighted by Gasteiger charge is -2.29. The lowest BCUT2D eigenvalue weighted by molar-refractivity contribution is -0.136. The predicted molar refractivity (Wildman–Crippen MR) is 300 cm³/mol. The number of para-hydroxylation sites is 2. The Morgan fingerprint density at radius 1 is 0.462 bits per heavy atom. The van der Waals surface area contributed by atoms with E-state index >= 15 is 0 Å². The number of rotatable bonds is 34. The van der Waals surface area contributed by atoms with Crippen LogP contribution in [-0.4, -0.2) is 125 Å². The number of carbonyl (C=O) groups excluding carboxylic acids is 9. The molecule has 0 aliphatic heterocycles. The van der Waals surface area contributed by atoms with Crippen LogP contribution >= 0.6 is 0 Å². The van der Waals surface area contributed by atoms with Gasteiger partial charge in [0.2, 0.25) is 53.2 Å². The topological polar surface area (TPSA) is 360 Å². The van der Waals surface area contributed by atoms with Gasteiger partial charge >= 0.3 is 0 Å². The molecule has 2 aromatic carbocycles. The minimum atomic E-state index is -1.30. The first kappa shape index (κ1) is 63.2. The maximum atomic E-state index is 14.8. The van der Waals surface area contributed by atoms with Gasteiger partial charge in [-0.15, -0.1) is 0 Å². The first-order valence-electron chi connectivity index (χ1n) is 27.3. The molecule has 0 saturated carbocycles. The number of nitrogens with two attached hydrogens (primary N) is 3. The van der Waals surface area contributed by atoms with E-state index in [9.17, 15) is 43.2 Å². The minimum absolute atomic E-state index is 0.0124. The number of carbonyl (C=O) groups is 9. The summed E-state index contributed by atoms with van der Waals surface area (Å²) in [7, 11) is 0. The van der Waals surface area contributed by atoms with Crippen LogP contribution in [0.1, 0.15) is 117 Å². The second-order valence-electron chi connectivity index (χ2n) is 21.4. The Kier molecular flexibility index (Phi) is 25.8. The molecule has 0 fully saturated rings. The van der Waals surface area contributed by atoms with Crippen molar-refractivity contribution in [1.82, 2.24) is 52.5 Å². The number of hydrogen-bond acceptors (Lipinski definition) is 11. The van der Waals surface area contributed by atoms with E-state index in [4.69, 9.17) is 17.2 Å². The number of amides is 9. The zero-order valence-electron chi connectivity index (χ0n) is 46.4. The van der Waals surface area contributed by atoms with Gasteiger partial charge in [0.15, 0.2) is 0 Å². The summed E-state index contributed by atoms with van der Waals surface area (Å²) in [4.78, 5) is 130. The first-order valence-corrected chi connectivity index (χ1v) is 27.3. The fourth-order valence-corrected chi connectivity index (χ4v) is 9.19. The van der Waals surface area contributed by atoms with Crippen molar-refractivity contribution < 1.29 is 43.2 Å². The molecular formula is C56H85N13O9. The normalized spacial score (nSPS) is 14.2. The molecule has 428 valence electrons. The minimum Gasteiger partial charge on any atom is -0.368 e. The summed E-state index contributed by atoms with van der Waals surface area (Å²) in [6, 6.07) is 6.72. The molecule has 78 heavy (non-hydrogen) atoms. The van der Waals surface area contributed by atoms with Gasteiger partial charge in [-0.05, 0) is 112 Å². The number of benzene rings is 2. The number of unbranched alkanes of at least 4 members (excludes halogenated alkanes) is 2. The Labute approximate surface area is 457 Å². The quantitative estimate of drug-likeness (QED) is 0.0300. The molecule has 9 amide bonds. The first-order chi connectivity index (χ1) is 37.1. The summed E-state index contributed by atoms with van der Waals surface area (Å²) >= 11 is 0. The summed E-state index contributed by atoms with van der Waals surface area (Å²) in [5.41, 5.74) is 20.0. The van der Waals surface area contributed by atoms with Gasteiger partial charge in [0.05, 0.1) is 6.54 Å². The maximum absolute atomic E-state index is 14.8. The molecule has 0 aliphatic rings. The van der Waals surface area contributed by atoms with E-state index in [2.05, 4.69) is 52.5 Å². The van der Waals surface area contributed by atoms with Crippen LogP contribution in [0.3, 0.4) is 0 Å².